The average Bonchev–Trinajstić information content (AvgIpc) is 2.74. The van der Waals surface area contributed by atoms with Crippen molar-refractivity contribution in [1.82, 2.24) is 9.97 Å². The molecule has 0 atom stereocenters. The Labute approximate surface area is 168 Å². The molecule has 0 radical (unpaired) electrons. The van der Waals surface area contributed by atoms with Crippen LogP contribution in [0.3, 0.4) is 0 Å². The van der Waals surface area contributed by atoms with Gasteiger partial charge < -0.3 is 24.6 Å². The van der Waals surface area contributed by atoms with E-state index in [2.05, 4.69) is 21.2 Å². The van der Waals surface area contributed by atoms with Crippen molar-refractivity contribution in [3.05, 3.63) is 48.3 Å². The van der Waals surface area contributed by atoms with Crippen LogP contribution in [0.15, 0.2) is 42.7 Å². The van der Waals surface area contributed by atoms with Crippen LogP contribution in [0, 0.1) is 12.3 Å². The summed E-state index contributed by atoms with van der Waals surface area (Å²) >= 11 is 0. The fourth-order valence-corrected chi connectivity index (χ4v) is 2.49. The molecule has 0 aliphatic heterocycles. The normalized spacial score (nSPS) is 13.6. The van der Waals surface area contributed by atoms with E-state index >= 15 is 0 Å². The second-order valence-electron chi connectivity index (χ2n) is 5.55. The first-order valence-corrected chi connectivity index (χ1v) is 8.30. The maximum atomic E-state index is 9.54. The molecule has 0 saturated heterocycles. The highest BCUT2D eigenvalue weighted by molar-refractivity contribution is 5.93. The Bertz CT molecular complexity index is 1150. The number of benzene rings is 2. The minimum absolute atomic E-state index is 0.0988. The molecule has 0 aliphatic carbocycles. The highest BCUT2D eigenvalue weighted by Gasteiger charge is 2.13. The van der Waals surface area contributed by atoms with Gasteiger partial charge in [-0.3, -0.25) is 0 Å². The molecule has 0 bridgehead atoms. The largest absolute Gasteiger partial charge is 0.487 e. The molecule has 0 amide bonds. The number of hydrogen-bond acceptors (Lipinski definition) is 7. The Morgan fingerprint density at radius 1 is 1.18 bits per heavy atom. The van der Waals surface area contributed by atoms with Crippen LogP contribution in [0.25, 0.3) is 10.9 Å². The Morgan fingerprint density at radius 3 is 2.82 bits per heavy atom. The lowest BCUT2D eigenvalue weighted by molar-refractivity contribution is 0.141. The molecule has 0 unspecified atom stereocenters. The molecule has 144 valence electrons. The topological polar surface area (TPSA) is 85.7 Å². The van der Waals surface area contributed by atoms with E-state index in [-0.39, 0.29) is 24.7 Å². The van der Waals surface area contributed by atoms with Gasteiger partial charge in [-0.25, -0.2) is 9.97 Å². The lowest BCUT2D eigenvalue weighted by Crippen LogP contribution is -2.08. The van der Waals surface area contributed by atoms with Crippen molar-refractivity contribution in [2.24, 2.45) is 0 Å². The molecule has 7 heteroatoms. The molecule has 0 spiro atoms. The number of methoxy groups -OCH3 is 1. The van der Waals surface area contributed by atoms with Crippen molar-refractivity contribution >= 4 is 22.4 Å². The Morgan fingerprint density at radius 2 is 2.04 bits per heavy atom. The first-order valence-electron chi connectivity index (χ1n) is 10.3. The third-order valence-electron chi connectivity index (χ3n) is 3.74. The van der Waals surface area contributed by atoms with E-state index in [4.69, 9.17) is 26.1 Å². The van der Waals surface area contributed by atoms with Crippen molar-refractivity contribution in [2.45, 2.75) is 0 Å². The van der Waals surface area contributed by atoms with E-state index in [0.717, 1.165) is 0 Å². The summed E-state index contributed by atoms with van der Waals surface area (Å²) in [7, 11) is 1.50. The highest BCUT2D eigenvalue weighted by atomic mass is 16.5. The molecular formula is C21H21N3O4. The van der Waals surface area contributed by atoms with Crippen molar-refractivity contribution < 1.29 is 24.8 Å². The number of nitrogens with zero attached hydrogens (tertiary/aromatic N) is 2. The van der Waals surface area contributed by atoms with Crippen LogP contribution in [-0.4, -0.2) is 48.5 Å². The molecule has 2 aromatic carbocycles. The standard InChI is InChI=1S/C21H21N3O4/c1-3-15-5-4-6-16(11-15)24-21-17-12-19(27-8-7-25)20(28-10-9-26-2)13-18(17)22-14-23-21/h1,4-6,11-14,25H,7-10H2,2H3,(H,22,23,24)/i7D2,8D2. The Hall–Kier alpha value is -3.34. The number of aromatic nitrogens is 2. The second kappa shape index (κ2) is 9.55. The summed E-state index contributed by atoms with van der Waals surface area (Å²) in [5.41, 5.74) is 1.80. The number of aliphatic hydroxyl groups is 1. The molecule has 7 nitrogen and oxygen atoms in total. The molecule has 1 heterocycles. The number of terminal acetylenes is 1. The van der Waals surface area contributed by atoms with Gasteiger partial charge in [0.05, 0.1) is 24.2 Å². The molecular weight excluding hydrogens is 358 g/mol. The quantitative estimate of drug-likeness (QED) is 0.434. The number of ether oxygens (including phenoxy) is 3. The van der Waals surface area contributed by atoms with Gasteiger partial charge in [0.1, 0.15) is 25.3 Å². The maximum Gasteiger partial charge on any atom is 0.163 e. The molecule has 3 rings (SSSR count). The number of anilines is 2. The predicted octanol–water partition coefficient (Wildman–Crippen LogP) is 2.75. The van der Waals surface area contributed by atoms with E-state index < -0.39 is 13.1 Å². The summed E-state index contributed by atoms with van der Waals surface area (Å²) < 4.78 is 46.0. The molecule has 0 fully saturated rings. The summed E-state index contributed by atoms with van der Waals surface area (Å²) in [5.74, 6) is 2.88. The number of fused-ring (bicyclic) bond motifs is 1. The van der Waals surface area contributed by atoms with Gasteiger partial charge in [0.15, 0.2) is 11.5 Å². The summed E-state index contributed by atoms with van der Waals surface area (Å²) in [6, 6.07) is 10.0. The van der Waals surface area contributed by atoms with Gasteiger partial charge in [-0.05, 0) is 24.3 Å². The molecule has 0 saturated carbocycles. The Balaban J connectivity index is 2.07. The summed E-state index contributed by atoms with van der Waals surface area (Å²) in [6.45, 7) is -5.95. The maximum absolute atomic E-state index is 9.54. The zero-order valence-electron chi connectivity index (χ0n) is 19.1. The van der Waals surface area contributed by atoms with E-state index in [0.29, 0.717) is 28.0 Å². The highest BCUT2D eigenvalue weighted by Crippen LogP contribution is 2.35. The lowest BCUT2D eigenvalue weighted by Gasteiger charge is -2.15. The Kier molecular flexibility index (Phi) is 5.01. The van der Waals surface area contributed by atoms with E-state index in [1.165, 1.54) is 25.6 Å². The minimum atomic E-state index is -3.27. The molecule has 28 heavy (non-hydrogen) atoms. The van der Waals surface area contributed by atoms with Crippen LogP contribution in [0.2, 0.25) is 0 Å². The molecule has 2 N–H and O–H groups in total. The van der Waals surface area contributed by atoms with Gasteiger partial charge in [-0.1, -0.05) is 12.0 Å². The van der Waals surface area contributed by atoms with E-state index in [1.54, 1.807) is 24.3 Å². The van der Waals surface area contributed by atoms with Gasteiger partial charge in [-0.15, -0.1) is 6.42 Å². The van der Waals surface area contributed by atoms with Crippen LogP contribution >= 0.6 is 0 Å². The average molecular weight is 383 g/mol. The van der Waals surface area contributed by atoms with Gasteiger partial charge in [0.25, 0.3) is 0 Å². The van der Waals surface area contributed by atoms with Gasteiger partial charge in [-0.2, -0.15) is 0 Å². The SMILES string of the molecule is [2H]C([2H])(O)C([2H])([2H])Oc1cc2c(Nc3cccc(C#C)c3)ncnc2cc1OCCOC. The summed E-state index contributed by atoms with van der Waals surface area (Å²) in [4.78, 5) is 8.47. The third kappa shape index (κ3) is 4.68. The zero-order chi connectivity index (χ0) is 23.4. The fourth-order valence-electron chi connectivity index (χ4n) is 2.49. The van der Waals surface area contributed by atoms with Crippen molar-refractivity contribution in [3.8, 4) is 23.8 Å². The van der Waals surface area contributed by atoms with Crippen LogP contribution < -0.4 is 14.8 Å². The van der Waals surface area contributed by atoms with E-state index in [9.17, 15) is 5.11 Å². The van der Waals surface area contributed by atoms with Crippen LogP contribution in [-0.2, 0) is 4.74 Å². The lowest BCUT2D eigenvalue weighted by atomic mass is 10.2. The predicted molar refractivity (Wildman–Crippen MR) is 107 cm³/mol. The number of rotatable bonds is 9. The summed E-state index contributed by atoms with van der Waals surface area (Å²) in [6.07, 6.45) is 6.80. The first-order chi connectivity index (χ1) is 15.1. The third-order valence-corrected chi connectivity index (χ3v) is 3.74. The number of hydrogen-bond donors (Lipinski definition) is 2. The second-order valence-corrected chi connectivity index (χ2v) is 5.55. The fraction of sp³-hybridized carbons (Fsp3) is 0.238. The van der Waals surface area contributed by atoms with Crippen molar-refractivity contribution in [1.29, 1.82) is 0 Å². The monoisotopic (exact) mass is 383 g/mol. The first kappa shape index (κ1) is 14.7. The van der Waals surface area contributed by atoms with Crippen molar-refractivity contribution in [2.75, 3.05) is 38.8 Å². The van der Waals surface area contributed by atoms with Crippen LogP contribution in [0.1, 0.15) is 11.0 Å². The molecule has 3 aromatic rings. The smallest absolute Gasteiger partial charge is 0.163 e. The van der Waals surface area contributed by atoms with Crippen molar-refractivity contribution in [3.63, 3.8) is 0 Å². The summed E-state index contributed by atoms with van der Waals surface area (Å²) in [5, 5.41) is 13.1. The molecule has 0 aliphatic rings. The van der Waals surface area contributed by atoms with Crippen LogP contribution in [0.5, 0.6) is 11.5 Å². The van der Waals surface area contributed by atoms with E-state index in [1.807, 2.05) is 0 Å². The minimum Gasteiger partial charge on any atom is -0.487 e. The van der Waals surface area contributed by atoms with Gasteiger partial charge >= 0.3 is 0 Å². The van der Waals surface area contributed by atoms with Gasteiger partial charge in [0, 0.05) is 29.8 Å². The van der Waals surface area contributed by atoms with Gasteiger partial charge in [0.2, 0.25) is 0 Å². The number of nitrogens with one attached hydrogen (secondary N) is 1. The van der Waals surface area contributed by atoms with Crippen LogP contribution in [0.4, 0.5) is 11.5 Å². The zero-order valence-corrected chi connectivity index (χ0v) is 15.1. The molecule has 1 aromatic heterocycles.